The molecule has 0 spiro atoms. The molecule has 0 aliphatic carbocycles. The van der Waals surface area contributed by atoms with Crippen molar-refractivity contribution in [1.29, 1.82) is 0 Å². The van der Waals surface area contributed by atoms with Gasteiger partial charge >= 0.3 is 0 Å². The van der Waals surface area contributed by atoms with Crippen LogP contribution in [0.4, 0.5) is 5.69 Å². The molecule has 0 bridgehead atoms. The summed E-state index contributed by atoms with van der Waals surface area (Å²) in [5.41, 5.74) is 13.7. The molecule has 1 aliphatic rings. The average molecular weight is 289 g/mol. The van der Waals surface area contributed by atoms with Crippen molar-refractivity contribution in [2.45, 2.75) is 13.3 Å². The Bertz CT molecular complexity index is 664. The van der Waals surface area contributed by atoms with Crippen LogP contribution < -0.4 is 11.5 Å². The smallest absolute Gasteiger partial charge is 0.266 e. The number of fused-ring (bicyclic) bond motifs is 1. The Morgan fingerprint density at radius 2 is 2.30 bits per heavy atom. The zero-order valence-electron chi connectivity index (χ0n) is 11.6. The van der Waals surface area contributed by atoms with E-state index >= 15 is 0 Å². The number of likely N-dealkylation sites (tertiary alicyclic amines) is 1. The Kier molecular flexibility index (Phi) is 3.40. The molecule has 1 aromatic carbocycles. The molecule has 1 aliphatic heterocycles. The van der Waals surface area contributed by atoms with Crippen molar-refractivity contribution >= 4 is 33.0 Å². The Balaban J connectivity index is 1.96. The van der Waals surface area contributed by atoms with Crippen molar-refractivity contribution < 1.29 is 4.79 Å². The van der Waals surface area contributed by atoms with Crippen LogP contribution in [0.3, 0.4) is 0 Å². The van der Waals surface area contributed by atoms with Crippen LogP contribution in [0.5, 0.6) is 0 Å². The number of benzene rings is 1. The fourth-order valence-electron chi connectivity index (χ4n) is 2.79. The monoisotopic (exact) mass is 289 g/mol. The van der Waals surface area contributed by atoms with Gasteiger partial charge in [0.25, 0.3) is 5.91 Å². The third-order valence-corrected chi connectivity index (χ3v) is 5.40. The van der Waals surface area contributed by atoms with Gasteiger partial charge in [0.05, 0.1) is 5.69 Å². The lowest BCUT2D eigenvalue weighted by Crippen LogP contribution is -2.29. The van der Waals surface area contributed by atoms with Crippen LogP contribution >= 0.6 is 11.3 Å². The third kappa shape index (κ3) is 2.07. The number of nitrogens with two attached hydrogens (primary N) is 2. The maximum Gasteiger partial charge on any atom is 0.266 e. The minimum Gasteiger partial charge on any atom is -0.397 e. The molecular weight excluding hydrogens is 270 g/mol. The summed E-state index contributed by atoms with van der Waals surface area (Å²) in [6, 6.07) is 6.01. The summed E-state index contributed by atoms with van der Waals surface area (Å²) in [5, 5.41) is 0.993. The van der Waals surface area contributed by atoms with E-state index < -0.39 is 0 Å². The first-order chi connectivity index (χ1) is 9.61. The number of amides is 1. The van der Waals surface area contributed by atoms with Crippen molar-refractivity contribution in [2.24, 2.45) is 11.7 Å². The standard InChI is InChI=1S/C15H19N3OS/c1-9-3-2-4-11-12(17)14(20-13(9)11)15(19)18-6-5-10(7-16)8-18/h2-4,10H,5-8,16-17H2,1H3. The third-order valence-electron chi connectivity index (χ3n) is 4.05. The molecule has 0 radical (unpaired) electrons. The highest BCUT2D eigenvalue weighted by atomic mass is 32.1. The van der Waals surface area contributed by atoms with Gasteiger partial charge in [0.1, 0.15) is 4.88 Å². The molecular formula is C15H19N3OS. The molecule has 1 fully saturated rings. The number of hydrogen-bond acceptors (Lipinski definition) is 4. The van der Waals surface area contributed by atoms with Crippen molar-refractivity contribution in [3.8, 4) is 0 Å². The van der Waals surface area contributed by atoms with Crippen LogP contribution in [0.2, 0.25) is 0 Å². The molecule has 5 heteroatoms. The van der Waals surface area contributed by atoms with Gasteiger partial charge in [-0.3, -0.25) is 4.79 Å². The van der Waals surface area contributed by atoms with E-state index in [4.69, 9.17) is 11.5 Å². The van der Waals surface area contributed by atoms with E-state index in [2.05, 4.69) is 0 Å². The molecule has 1 amide bonds. The molecule has 1 saturated heterocycles. The summed E-state index contributed by atoms with van der Waals surface area (Å²) in [7, 11) is 0. The van der Waals surface area contributed by atoms with Crippen molar-refractivity contribution in [1.82, 2.24) is 4.90 Å². The van der Waals surface area contributed by atoms with Crippen LogP contribution in [0, 0.1) is 12.8 Å². The highest BCUT2D eigenvalue weighted by molar-refractivity contribution is 7.21. The van der Waals surface area contributed by atoms with E-state index in [-0.39, 0.29) is 5.91 Å². The van der Waals surface area contributed by atoms with Gasteiger partial charge in [0.15, 0.2) is 0 Å². The maximum absolute atomic E-state index is 12.6. The van der Waals surface area contributed by atoms with Crippen LogP contribution in [0.25, 0.3) is 10.1 Å². The number of aryl methyl sites for hydroxylation is 1. The van der Waals surface area contributed by atoms with Crippen molar-refractivity contribution in [3.05, 3.63) is 28.6 Å². The lowest BCUT2D eigenvalue weighted by Gasteiger charge is -2.15. The number of nitrogen functional groups attached to an aromatic ring is 1. The molecule has 4 N–H and O–H groups in total. The van der Waals surface area contributed by atoms with Crippen LogP contribution in [0.1, 0.15) is 21.7 Å². The van der Waals surface area contributed by atoms with E-state index in [1.54, 1.807) is 0 Å². The summed E-state index contributed by atoms with van der Waals surface area (Å²) < 4.78 is 1.11. The number of nitrogens with zero attached hydrogens (tertiary/aromatic N) is 1. The van der Waals surface area contributed by atoms with Crippen molar-refractivity contribution in [2.75, 3.05) is 25.4 Å². The maximum atomic E-state index is 12.6. The quantitative estimate of drug-likeness (QED) is 0.890. The van der Waals surface area contributed by atoms with Gasteiger partial charge < -0.3 is 16.4 Å². The number of hydrogen-bond donors (Lipinski definition) is 2. The summed E-state index contributed by atoms with van der Waals surface area (Å²) in [6.07, 6.45) is 0.992. The second-order valence-electron chi connectivity index (χ2n) is 5.44. The van der Waals surface area contributed by atoms with Crippen LogP contribution in [-0.2, 0) is 0 Å². The minimum atomic E-state index is 0.0547. The second kappa shape index (κ2) is 5.07. The fraction of sp³-hybridized carbons (Fsp3) is 0.400. The van der Waals surface area contributed by atoms with Crippen molar-refractivity contribution in [3.63, 3.8) is 0 Å². The van der Waals surface area contributed by atoms with Gasteiger partial charge in [-0.05, 0) is 31.4 Å². The van der Waals surface area contributed by atoms with Crippen LogP contribution in [-0.4, -0.2) is 30.4 Å². The van der Waals surface area contributed by atoms with E-state index in [9.17, 15) is 4.79 Å². The topological polar surface area (TPSA) is 72.4 Å². The highest BCUT2D eigenvalue weighted by Crippen LogP contribution is 2.36. The second-order valence-corrected chi connectivity index (χ2v) is 6.46. The highest BCUT2D eigenvalue weighted by Gasteiger charge is 2.28. The molecule has 2 aromatic rings. The molecule has 1 unspecified atom stereocenters. The van der Waals surface area contributed by atoms with Gasteiger partial charge in [-0.25, -0.2) is 0 Å². The number of anilines is 1. The van der Waals surface area contributed by atoms with Gasteiger partial charge in [-0.15, -0.1) is 11.3 Å². The summed E-state index contributed by atoms with van der Waals surface area (Å²) in [6.45, 7) is 4.23. The fourth-order valence-corrected chi connectivity index (χ4v) is 3.95. The first-order valence-electron chi connectivity index (χ1n) is 6.88. The van der Waals surface area contributed by atoms with Gasteiger partial charge in [0, 0.05) is 23.2 Å². The lowest BCUT2D eigenvalue weighted by atomic mass is 10.1. The summed E-state index contributed by atoms with van der Waals surface area (Å²) in [4.78, 5) is 15.2. The number of rotatable bonds is 2. The predicted octanol–water partition coefficient (Wildman–Crippen LogP) is 2.21. The molecule has 106 valence electrons. The first-order valence-corrected chi connectivity index (χ1v) is 7.70. The lowest BCUT2D eigenvalue weighted by molar-refractivity contribution is 0.0793. The molecule has 0 saturated carbocycles. The number of thiophene rings is 1. The Morgan fingerprint density at radius 3 is 2.95 bits per heavy atom. The summed E-state index contributed by atoms with van der Waals surface area (Å²) >= 11 is 1.51. The normalized spacial score (nSPS) is 18.9. The molecule has 2 heterocycles. The zero-order chi connectivity index (χ0) is 14.3. The Labute approximate surface area is 122 Å². The Morgan fingerprint density at radius 1 is 1.50 bits per heavy atom. The largest absolute Gasteiger partial charge is 0.397 e. The number of carbonyl (C=O) groups is 1. The van der Waals surface area contributed by atoms with E-state index in [1.165, 1.54) is 16.9 Å². The summed E-state index contributed by atoms with van der Waals surface area (Å²) in [5.74, 6) is 0.482. The van der Waals surface area contributed by atoms with Crippen LogP contribution in [0.15, 0.2) is 18.2 Å². The van der Waals surface area contributed by atoms with E-state index in [1.807, 2.05) is 30.0 Å². The van der Waals surface area contributed by atoms with Gasteiger partial charge in [-0.1, -0.05) is 18.2 Å². The van der Waals surface area contributed by atoms with Gasteiger partial charge in [0.2, 0.25) is 0 Å². The molecule has 1 aromatic heterocycles. The average Bonchev–Trinajstić information content (AvgIpc) is 3.05. The van der Waals surface area contributed by atoms with Gasteiger partial charge in [-0.2, -0.15) is 0 Å². The first kappa shape index (κ1) is 13.4. The molecule has 1 atom stereocenters. The molecule has 20 heavy (non-hydrogen) atoms. The zero-order valence-corrected chi connectivity index (χ0v) is 12.4. The molecule has 4 nitrogen and oxygen atoms in total. The van der Waals surface area contributed by atoms with E-state index in [0.29, 0.717) is 23.0 Å². The number of carbonyl (C=O) groups excluding carboxylic acids is 1. The molecule has 3 rings (SSSR count). The Hall–Kier alpha value is -1.59. The minimum absolute atomic E-state index is 0.0547. The predicted molar refractivity (Wildman–Crippen MR) is 84.0 cm³/mol. The SMILES string of the molecule is Cc1cccc2c(N)c(C(=O)N3CCC(CN)C3)sc12. The van der Waals surface area contributed by atoms with E-state index in [0.717, 1.165) is 29.6 Å².